The molecule has 0 saturated heterocycles. The van der Waals surface area contributed by atoms with E-state index in [0.717, 1.165) is 28.2 Å². The van der Waals surface area contributed by atoms with E-state index in [0.29, 0.717) is 5.69 Å². The van der Waals surface area contributed by atoms with Crippen molar-refractivity contribution in [2.75, 3.05) is 19.0 Å². The number of hydrogen-bond acceptors (Lipinski definition) is 4. The van der Waals surface area contributed by atoms with Crippen LogP contribution in [0, 0.1) is 18.3 Å². The second-order valence-corrected chi connectivity index (χ2v) is 5.54. The molecule has 1 aromatic heterocycles. The van der Waals surface area contributed by atoms with Gasteiger partial charge in [-0.2, -0.15) is 5.26 Å². The molecular weight excluding hydrogens is 286 g/mol. The van der Waals surface area contributed by atoms with Crippen LogP contribution in [0.2, 0.25) is 0 Å². The molecule has 0 bridgehead atoms. The van der Waals surface area contributed by atoms with E-state index < -0.39 is 0 Å². The molecule has 1 heterocycles. The predicted molar refractivity (Wildman–Crippen MR) is 90.6 cm³/mol. The largest absolute Gasteiger partial charge is 0.378 e. The van der Waals surface area contributed by atoms with E-state index in [9.17, 15) is 5.26 Å². The summed E-state index contributed by atoms with van der Waals surface area (Å²) < 4.78 is 1.72. The zero-order valence-corrected chi connectivity index (χ0v) is 13.4. The first kappa shape index (κ1) is 14.8. The minimum absolute atomic E-state index is 0.330. The summed E-state index contributed by atoms with van der Waals surface area (Å²) in [6.45, 7) is 2.02. The highest BCUT2D eigenvalue weighted by molar-refractivity contribution is 5.70. The fourth-order valence-electron chi connectivity index (χ4n) is 2.51. The van der Waals surface area contributed by atoms with E-state index in [1.54, 1.807) is 4.68 Å². The molecule has 0 spiro atoms. The van der Waals surface area contributed by atoms with Crippen molar-refractivity contribution in [3.63, 3.8) is 0 Å². The lowest BCUT2D eigenvalue weighted by Crippen LogP contribution is -2.08. The molecule has 0 atom stereocenters. The van der Waals surface area contributed by atoms with Crippen molar-refractivity contribution in [2.24, 2.45) is 0 Å². The summed E-state index contributed by atoms with van der Waals surface area (Å²) in [6, 6.07) is 18.1. The maximum absolute atomic E-state index is 9.38. The number of aromatic nitrogens is 3. The van der Waals surface area contributed by atoms with Crippen molar-refractivity contribution in [1.29, 1.82) is 5.26 Å². The van der Waals surface area contributed by atoms with Gasteiger partial charge in [0, 0.05) is 25.3 Å². The Labute approximate surface area is 135 Å². The Hall–Kier alpha value is -3.13. The number of rotatable bonds is 3. The Bertz CT molecular complexity index is 869. The van der Waals surface area contributed by atoms with E-state index in [1.165, 1.54) is 0 Å². The standard InChI is InChI=1S/C18H17N5/c1-13-6-4-5-7-16(13)18-17(12-19)20-21-23(18)15-10-8-14(9-11-15)22(2)3/h4-11H,1-3H3. The van der Waals surface area contributed by atoms with Crippen LogP contribution in [-0.4, -0.2) is 29.1 Å². The number of anilines is 1. The van der Waals surface area contributed by atoms with Gasteiger partial charge in [0.05, 0.1) is 5.69 Å². The molecule has 0 aliphatic heterocycles. The summed E-state index contributed by atoms with van der Waals surface area (Å²) in [5, 5.41) is 17.6. The number of benzene rings is 2. The molecular formula is C18H17N5. The predicted octanol–water partition coefficient (Wildman–Crippen LogP) is 3.18. The van der Waals surface area contributed by atoms with E-state index in [2.05, 4.69) is 16.4 Å². The average Bonchev–Trinajstić information content (AvgIpc) is 2.99. The van der Waals surface area contributed by atoms with Gasteiger partial charge >= 0.3 is 0 Å². The van der Waals surface area contributed by atoms with Crippen molar-refractivity contribution in [2.45, 2.75) is 6.92 Å². The van der Waals surface area contributed by atoms with Gasteiger partial charge < -0.3 is 4.90 Å². The third-order valence-corrected chi connectivity index (χ3v) is 3.79. The lowest BCUT2D eigenvalue weighted by Gasteiger charge is -2.13. The highest BCUT2D eigenvalue weighted by Gasteiger charge is 2.17. The number of hydrogen-bond donors (Lipinski definition) is 0. The monoisotopic (exact) mass is 303 g/mol. The Morgan fingerprint density at radius 1 is 1.04 bits per heavy atom. The second-order valence-electron chi connectivity index (χ2n) is 5.54. The molecule has 3 aromatic rings. The van der Waals surface area contributed by atoms with Gasteiger partial charge in [0.1, 0.15) is 11.8 Å². The van der Waals surface area contributed by atoms with Crippen LogP contribution in [0.25, 0.3) is 16.9 Å². The second kappa shape index (κ2) is 5.93. The van der Waals surface area contributed by atoms with Crippen molar-refractivity contribution in [3.05, 3.63) is 59.8 Å². The molecule has 0 fully saturated rings. The van der Waals surface area contributed by atoms with Gasteiger partial charge in [-0.3, -0.25) is 0 Å². The summed E-state index contributed by atoms with van der Waals surface area (Å²) in [5.74, 6) is 0. The van der Waals surface area contributed by atoms with Crippen LogP contribution in [0.15, 0.2) is 48.5 Å². The van der Waals surface area contributed by atoms with Crippen molar-refractivity contribution >= 4 is 5.69 Å². The Kier molecular flexibility index (Phi) is 3.82. The minimum atomic E-state index is 0.330. The normalized spacial score (nSPS) is 10.3. The van der Waals surface area contributed by atoms with Gasteiger partial charge in [-0.05, 0) is 36.8 Å². The Balaban J connectivity index is 2.16. The fraction of sp³-hybridized carbons (Fsp3) is 0.167. The zero-order chi connectivity index (χ0) is 16.4. The van der Waals surface area contributed by atoms with Gasteiger partial charge in [-0.15, -0.1) is 5.10 Å². The molecule has 2 aromatic carbocycles. The summed E-state index contributed by atoms with van der Waals surface area (Å²) in [5.41, 5.74) is 5.08. The molecule has 23 heavy (non-hydrogen) atoms. The van der Waals surface area contributed by atoms with Gasteiger partial charge in [-0.25, -0.2) is 4.68 Å². The third-order valence-electron chi connectivity index (χ3n) is 3.79. The highest BCUT2D eigenvalue weighted by Crippen LogP contribution is 2.28. The smallest absolute Gasteiger partial charge is 0.191 e. The maximum Gasteiger partial charge on any atom is 0.191 e. The molecule has 0 aliphatic rings. The number of nitrogens with zero attached hydrogens (tertiary/aromatic N) is 5. The fourth-order valence-corrected chi connectivity index (χ4v) is 2.51. The first-order chi connectivity index (χ1) is 11.1. The van der Waals surface area contributed by atoms with Gasteiger partial charge in [0.15, 0.2) is 5.69 Å². The van der Waals surface area contributed by atoms with Gasteiger partial charge in [0.2, 0.25) is 0 Å². The zero-order valence-electron chi connectivity index (χ0n) is 13.4. The van der Waals surface area contributed by atoms with Crippen LogP contribution >= 0.6 is 0 Å². The average molecular weight is 303 g/mol. The topological polar surface area (TPSA) is 57.7 Å². The molecule has 0 unspecified atom stereocenters. The molecule has 0 aliphatic carbocycles. The third kappa shape index (κ3) is 2.67. The van der Waals surface area contributed by atoms with Crippen LogP contribution < -0.4 is 4.90 Å². The van der Waals surface area contributed by atoms with Gasteiger partial charge in [-0.1, -0.05) is 29.5 Å². The van der Waals surface area contributed by atoms with E-state index in [1.807, 2.05) is 74.4 Å². The van der Waals surface area contributed by atoms with Crippen LogP contribution in [0.3, 0.4) is 0 Å². The van der Waals surface area contributed by atoms with Crippen LogP contribution in [0.4, 0.5) is 5.69 Å². The molecule has 0 saturated carbocycles. The molecule has 0 amide bonds. The number of nitriles is 1. The van der Waals surface area contributed by atoms with Crippen molar-refractivity contribution in [3.8, 4) is 23.0 Å². The lowest BCUT2D eigenvalue weighted by atomic mass is 10.0. The van der Waals surface area contributed by atoms with Crippen molar-refractivity contribution < 1.29 is 0 Å². The molecule has 5 heteroatoms. The lowest BCUT2D eigenvalue weighted by molar-refractivity contribution is 0.806. The number of aryl methyl sites for hydroxylation is 1. The summed E-state index contributed by atoms with van der Waals surface area (Å²) in [6.07, 6.45) is 0. The minimum Gasteiger partial charge on any atom is -0.378 e. The van der Waals surface area contributed by atoms with Crippen LogP contribution in [0.5, 0.6) is 0 Å². The van der Waals surface area contributed by atoms with Crippen LogP contribution in [0.1, 0.15) is 11.3 Å². The molecule has 3 rings (SSSR count). The maximum atomic E-state index is 9.38. The molecule has 114 valence electrons. The molecule has 5 nitrogen and oxygen atoms in total. The summed E-state index contributed by atoms with van der Waals surface area (Å²) >= 11 is 0. The quantitative estimate of drug-likeness (QED) is 0.745. The van der Waals surface area contributed by atoms with Gasteiger partial charge in [0.25, 0.3) is 0 Å². The Morgan fingerprint density at radius 2 is 1.74 bits per heavy atom. The van der Waals surface area contributed by atoms with E-state index in [-0.39, 0.29) is 0 Å². The molecule has 0 N–H and O–H groups in total. The summed E-state index contributed by atoms with van der Waals surface area (Å²) in [7, 11) is 3.99. The SMILES string of the molecule is Cc1ccccc1-c1c(C#N)nnn1-c1ccc(N(C)C)cc1. The molecule has 0 radical (unpaired) electrons. The Morgan fingerprint density at radius 3 is 2.35 bits per heavy atom. The summed E-state index contributed by atoms with van der Waals surface area (Å²) in [4.78, 5) is 2.04. The van der Waals surface area contributed by atoms with Crippen LogP contribution in [-0.2, 0) is 0 Å². The van der Waals surface area contributed by atoms with E-state index >= 15 is 0 Å². The van der Waals surface area contributed by atoms with Crippen molar-refractivity contribution in [1.82, 2.24) is 15.0 Å². The first-order valence-corrected chi connectivity index (χ1v) is 7.31. The first-order valence-electron chi connectivity index (χ1n) is 7.31. The van der Waals surface area contributed by atoms with E-state index in [4.69, 9.17) is 0 Å². The highest BCUT2D eigenvalue weighted by atomic mass is 15.4.